The number of benzene rings is 2. The maximum Gasteiger partial charge on any atom is 0.269 e. The molecule has 0 aliphatic carbocycles. The van der Waals surface area contributed by atoms with Crippen molar-refractivity contribution in [1.29, 1.82) is 0 Å². The van der Waals surface area contributed by atoms with Crippen LogP contribution >= 0.6 is 11.8 Å². The molecule has 0 N–H and O–H groups in total. The van der Waals surface area contributed by atoms with Crippen molar-refractivity contribution >= 4 is 17.4 Å². The van der Waals surface area contributed by atoms with E-state index >= 15 is 0 Å². The Morgan fingerprint density at radius 1 is 1.06 bits per heavy atom. The first-order valence-electron chi connectivity index (χ1n) is 4.83. The molecule has 0 aliphatic rings. The normalized spacial score (nSPS) is 10.2. The minimum atomic E-state index is -0.461. The number of hydrogen-bond acceptors (Lipinski definition) is 3. The lowest BCUT2D eigenvalue weighted by atomic mass is 10.3. The Morgan fingerprint density at radius 2 is 1.71 bits per heavy atom. The van der Waals surface area contributed by atoms with Crippen LogP contribution in [0.3, 0.4) is 0 Å². The van der Waals surface area contributed by atoms with Gasteiger partial charge in [0.05, 0.1) is 4.92 Å². The third-order valence-electron chi connectivity index (χ3n) is 2.11. The van der Waals surface area contributed by atoms with Crippen LogP contribution < -0.4 is 0 Å². The molecule has 17 heavy (non-hydrogen) atoms. The van der Waals surface area contributed by atoms with Gasteiger partial charge >= 0.3 is 0 Å². The third-order valence-corrected chi connectivity index (χ3v) is 3.17. The third kappa shape index (κ3) is 2.82. The first kappa shape index (κ1) is 11.6. The molecule has 0 aromatic heterocycles. The Hall–Kier alpha value is -1.88. The molecule has 0 aliphatic heterocycles. The van der Waals surface area contributed by atoms with Gasteiger partial charge in [-0.3, -0.25) is 10.1 Å². The molecule has 5 heteroatoms. The zero-order valence-corrected chi connectivity index (χ0v) is 9.49. The minimum Gasteiger partial charge on any atom is -0.258 e. The molecule has 0 unspecified atom stereocenters. The van der Waals surface area contributed by atoms with Crippen LogP contribution in [-0.2, 0) is 0 Å². The molecule has 0 spiro atoms. The van der Waals surface area contributed by atoms with E-state index in [0.29, 0.717) is 4.90 Å². The van der Waals surface area contributed by atoms with Gasteiger partial charge in [0.2, 0.25) is 0 Å². The highest BCUT2D eigenvalue weighted by Crippen LogP contribution is 2.30. The van der Waals surface area contributed by atoms with Gasteiger partial charge in [-0.1, -0.05) is 23.9 Å². The fraction of sp³-hybridized carbons (Fsp3) is 0. The Kier molecular flexibility index (Phi) is 3.39. The van der Waals surface area contributed by atoms with Crippen LogP contribution in [0.2, 0.25) is 0 Å². The van der Waals surface area contributed by atoms with Crippen molar-refractivity contribution in [2.45, 2.75) is 9.79 Å². The number of nitro groups is 1. The van der Waals surface area contributed by atoms with E-state index in [4.69, 9.17) is 0 Å². The Labute approximate surface area is 101 Å². The fourth-order valence-electron chi connectivity index (χ4n) is 1.29. The molecule has 0 saturated carbocycles. The second kappa shape index (κ2) is 4.97. The summed E-state index contributed by atoms with van der Waals surface area (Å²) in [7, 11) is 0. The molecule has 0 atom stereocenters. The summed E-state index contributed by atoms with van der Waals surface area (Å²) in [6.45, 7) is 0. The second-order valence-corrected chi connectivity index (χ2v) is 4.40. The first-order chi connectivity index (χ1) is 8.16. The van der Waals surface area contributed by atoms with Crippen LogP contribution in [0, 0.1) is 15.9 Å². The zero-order chi connectivity index (χ0) is 12.3. The van der Waals surface area contributed by atoms with E-state index in [2.05, 4.69) is 0 Å². The van der Waals surface area contributed by atoms with Gasteiger partial charge in [0.1, 0.15) is 5.82 Å². The number of rotatable bonds is 3. The summed E-state index contributed by atoms with van der Waals surface area (Å²) in [5, 5.41) is 10.5. The molecule has 0 bridgehead atoms. The Balaban J connectivity index is 2.20. The van der Waals surface area contributed by atoms with Crippen LogP contribution in [-0.4, -0.2) is 4.92 Å². The van der Waals surface area contributed by atoms with Gasteiger partial charge in [-0.25, -0.2) is 4.39 Å². The number of halogens is 1. The minimum absolute atomic E-state index is 0.0304. The molecule has 3 nitrogen and oxygen atoms in total. The van der Waals surface area contributed by atoms with Crippen LogP contribution in [0.5, 0.6) is 0 Å². The molecular formula is C12H8FNO2S. The number of non-ortho nitro benzene ring substituents is 1. The van der Waals surface area contributed by atoms with Crippen molar-refractivity contribution in [2.75, 3.05) is 0 Å². The highest BCUT2D eigenvalue weighted by atomic mass is 32.2. The van der Waals surface area contributed by atoms with Gasteiger partial charge < -0.3 is 0 Å². The SMILES string of the molecule is O=[N+]([O-])c1ccc(Sc2ccccc2F)cc1. The van der Waals surface area contributed by atoms with Gasteiger partial charge in [-0.2, -0.15) is 0 Å². The van der Waals surface area contributed by atoms with E-state index in [1.807, 2.05) is 0 Å². The smallest absolute Gasteiger partial charge is 0.258 e. The summed E-state index contributed by atoms with van der Waals surface area (Å²) < 4.78 is 13.4. The summed E-state index contributed by atoms with van der Waals surface area (Å²) in [5.74, 6) is -0.296. The molecule has 0 fully saturated rings. The molecule has 2 aromatic rings. The average molecular weight is 249 g/mol. The highest BCUT2D eigenvalue weighted by molar-refractivity contribution is 7.99. The van der Waals surface area contributed by atoms with E-state index < -0.39 is 4.92 Å². The predicted molar refractivity (Wildman–Crippen MR) is 63.6 cm³/mol. The number of nitro benzene ring substituents is 1. The van der Waals surface area contributed by atoms with E-state index in [1.54, 1.807) is 30.3 Å². The molecular weight excluding hydrogens is 241 g/mol. The number of nitrogens with zero attached hydrogens (tertiary/aromatic N) is 1. The van der Waals surface area contributed by atoms with Crippen molar-refractivity contribution < 1.29 is 9.31 Å². The van der Waals surface area contributed by atoms with Crippen LogP contribution in [0.25, 0.3) is 0 Å². The van der Waals surface area contributed by atoms with Gasteiger partial charge in [-0.15, -0.1) is 0 Å². The van der Waals surface area contributed by atoms with Gasteiger partial charge in [0, 0.05) is 21.9 Å². The largest absolute Gasteiger partial charge is 0.269 e. The van der Waals surface area contributed by atoms with Crippen molar-refractivity contribution in [3.63, 3.8) is 0 Å². The van der Waals surface area contributed by atoms with E-state index in [0.717, 1.165) is 4.90 Å². The van der Waals surface area contributed by atoms with Crippen LogP contribution in [0.1, 0.15) is 0 Å². The maximum absolute atomic E-state index is 13.4. The molecule has 0 saturated heterocycles. The first-order valence-corrected chi connectivity index (χ1v) is 5.65. The highest BCUT2D eigenvalue weighted by Gasteiger charge is 2.06. The van der Waals surface area contributed by atoms with Gasteiger partial charge in [0.15, 0.2) is 0 Å². The summed E-state index contributed by atoms with van der Waals surface area (Å²) in [4.78, 5) is 11.3. The molecule has 0 radical (unpaired) electrons. The summed E-state index contributed by atoms with van der Waals surface area (Å²) >= 11 is 1.24. The molecule has 86 valence electrons. The zero-order valence-electron chi connectivity index (χ0n) is 8.67. The summed E-state index contributed by atoms with van der Waals surface area (Å²) in [6, 6.07) is 12.4. The van der Waals surface area contributed by atoms with Crippen molar-refractivity contribution in [3.05, 3.63) is 64.5 Å². The monoisotopic (exact) mass is 249 g/mol. The molecule has 2 aromatic carbocycles. The lowest BCUT2D eigenvalue weighted by Crippen LogP contribution is -1.86. The Bertz CT molecular complexity index is 542. The standard InChI is InChI=1S/C12H8FNO2S/c13-11-3-1-2-4-12(11)17-10-7-5-9(6-8-10)14(15)16/h1-8H. The second-order valence-electron chi connectivity index (χ2n) is 3.28. The fourth-order valence-corrected chi connectivity index (χ4v) is 2.13. The van der Waals surface area contributed by atoms with Crippen LogP contribution in [0.15, 0.2) is 58.3 Å². The van der Waals surface area contributed by atoms with E-state index in [-0.39, 0.29) is 11.5 Å². The van der Waals surface area contributed by atoms with E-state index in [9.17, 15) is 14.5 Å². The summed E-state index contributed by atoms with van der Waals surface area (Å²) in [5.41, 5.74) is 0.0304. The molecule has 2 rings (SSSR count). The average Bonchev–Trinajstić information content (AvgIpc) is 2.33. The van der Waals surface area contributed by atoms with Crippen molar-refractivity contribution in [3.8, 4) is 0 Å². The van der Waals surface area contributed by atoms with Crippen molar-refractivity contribution in [1.82, 2.24) is 0 Å². The maximum atomic E-state index is 13.4. The predicted octanol–water partition coefficient (Wildman–Crippen LogP) is 3.89. The number of hydrogen-bond donors (Lipinski definition) is 0. The van der Waals surface area contributed by atoms with Crippen molar-refractivity contribution in [2.24, 2.45) is 0 Å². The lowest BCUT2D eigenvalue weighted by Gasteiger charge is -2.02. The lowest BCUT2D eigenvalue weighted by molar-refractivity contribution is -0.384. The molecule has 0 heterocycles. The molecule has 0 amide bonds. The van der Waals surface area contributed by atoms with Gasteiger partial charge in [-0.05, 0) is 24.3 Å². The summed E-state index contributed by atoms with van der Waals surface area (Å²) in [6.07, 6.45) is 0. The Morgan fingerprint density at radius 3 is 2.29 bits per heavy atom. The van der Waals surface area contributed by atoms with E-state index in [1.165, 1.54) is 30.0 Å². The van der Waals surface area contributed by atoms with Gasteiger partial charge in [0.25, 0.3) is 5.69 Å². The topological polar surface area (TPSA) is 43.1 Å². The van der Waals surface area contributed by atoms with Crippen LogP contribution in [0.4, 0.5) is 10.1 Å². The quantitative estimate of drug-likeness (QED) is 0.612.